The second kappa shape index (κ2) is 6.56. The molecule has 0 unspecified atom stereocenters. The molecule has 1 aromatic heterocycles. The van der Waals surface area contributed by atoms with Gasteiger partial charge in [-0.2, -0.15) is 5.21 Å². The lowest BCUT2D eigenvalue weighted by Crippen LogP contribution is -2.48. The molecule has 0 spiro atoms. The Morgan fingerprint density at radius 2 is 2.14 bits per heavy atom. The van der Waals surface area contributed by atoms with Crippen LogP contribution in [0.25, 0.3) is 0 Å². The highest BCUT2D eigenvalue weighted by Crippen LogP contribution is 2.37. The van der Waals surface area contributed by atoms with Crippen LogP contribution in [0, 0.1) is 5.92 Å². The van der Waals surface area contributed by atoms with E-state index in [1.165, 1.54) is 0 Å². The number of H-pyrrole nitrogens is 1. The van der Waals surface area contributed by atoms with Gasteiger partial charge in [0.1, 0.15) is 5.41 Å². The standard InChI is InChI=1S/C15H23N5O2/c1-2-20(11-12-5-9-22-10-6-12)14(21)15(7-3-4-8-15)13-16-18-19-17-13/h3-4,12H,2,5-11H2,1H3,(H,16,17,18,19). The van der Waals surface area contributed by atoms with Gasteiger partial charge in [0.25, 0.3) is 0 Å². The third-order valence-electron chi connectivity index (χ3n) is 4.77. The number of carbonyl (C=O) groups is 1. The minimum Gasteiger partial charge on any atom is -0.381 e. The number of aromatic amines is 1. The molecule has 2 heterocycles. The summed E-state index contributed by atoms with van der Waals surface area (Å²) in [7, 11) is 0. The van der Waals surface area contributed by atoms with Crippen LogP contribution in [-0.2, 0) is 14.9 Å². The highest BCUT2D eigenvalue weighted by atomic mass is 16.5. The van der Waals surface area contributed by atoms with E-state index >= 15 is 0 Å². The van der Waals surface area contributed by atoms with E-state index in [2.05, 4.69) is 20.6 Å². The monoisotopic (exact) mass is 305 g/mol. The van der Waals surface area contributed by atoms with Gasteiger partial charge in [-0.05, 0) is 38.5 Å². The lowest BCUT2D eigenvalue weighted by atomic mass is 9.82. The van der Waals surface area contributed by atoms with Crippen LogP contribution in [0.2, 0.25) is 0 Å². The van der Waals surface area contributed by atoms with Crippen molar-refractivity contribution >= 4 is 5.91 Å². The second-order valence-corrected chi connectivity index (χ2v) is 6.10. The Balaban J connectivity index is 1.76. The zero-order chi connectivity index (χ0) is 15.4. The normalized spacial score (nSPS) is 21.1. The van der Waals surface area contributed by atoms with Crippen LogP contribution in [0.3, 0.4) is 0 Å². The van der Waals surface area contributed by atoms with Gasteiger partial charge in [-0.3, -0.25) is 4.79 Å². The van der Waals surface area contributed by atoms with Crippen molar-refractivity contribution in [3.8, 4) is 0 Å². The lowest BCUT2D eigenvalue weighted by molar-refractivity contribution is -0.138. The maximum atomic E-state index is 13.2. The molecule has 2 aliphatic rings. The highest BCUT2D eigenvalue weighted by Gasteiger charge is 2.46. The van der Waals surface area contributed by atoms with Crippen molar-refractivity contribution in [2.24, 2.45) is 5.92 Å². The SMILES string of the molecule is CCN(CC1CCOCC1)C(=O)C1(c2nn[nH]n2)CC=CC1. The van der Waals surface area contributed by atoms with E-state index in [1.54, 1.807) is 0 Å². The van der Waals surface area contributed by atoms with Crippen molar-refractivity contribution < 1.29 is 9.53 Å². The molecule has 0 atom stereocenters. The molecule has 7 nitrogen and oxygen atoms in total. The molecule has 3 rings (SSSR count). The molecule has 0 saturated carbocycles. The number of aromatic nitrogens is 4. The number of hydrogen-bond donors (Lipinski definition) is 1. The Bertz CT molecular complexity index is 514. The van der Waals surface area contributed by atoms with Gasteiger partial charge >= 0.3 is 0 Å². The first-order chi connectivity index (χ1) is 10.8. The summed E-state index contributed by atoms with van der Waals surface area (Å²) in [6.07, 6.45) is 7.42. The topological polar surface area (TPSA) is 84.0 Å². The zero-order valence-electron chi connectivity index (χ0n) is 13.0. The summed E-state index contributed by atoms with van der Waals surface area (Å²) in [5.74, 6) is 1.15. The van der Waals surface area contributed by atoms with Crippen molar-refractivity contribution in [3.05, 3.63) is 18.0 Å². The first-order valence-corrected chi connectivity index (χ1v) is 8.02. The number of nitrogens with zero attached hydrogens (tertiary/aromatic N) is 4. The van der Waals surface area contributed by atoms with Crippen LogP contribution in [-0.4, -0.2) is 57.7 Å². The Kier molecular flexibility index (Phi) is 4.52. The predicted octanol–water partition coefficient (Wildman–Crippen LogP) is 1.06. The molecule has 1 N–H and O–H groups in total. The fraction of sp³-hybridized carbons (Fsp3) is 0.733. The molecule has 1 saturated heterocycles. The van der Waals surface area contributed by atoms with Gasteiger partial charge in [-0.15, -0.1) is 10.2 Å². The number of allylic oxidation sites excluding steroid dienone is 2. The van der Waals surface area contributed by atoms with Crippen molar-refractivity contribution in [1.82, 2.24) is 25.5 Å². The van der Waals surface area contributed by atoms with Crippen LogP contribution in [0.5, 0.6) is 0 Å². The van der Waals surface area contributed by atoms with E-state index in [4.69, 9.17) is 4.74 Å². The first kappa shape index (κ1) is 15.1. The van der Waals surface area contributed by atoms with E-state index in [0.717, 1.165) is 32.6 Å². The molecular formula is C15H23N5O2. The van der Waals surface area contributed by atoms with Crippen LogP contribution in [0.15, 0.2) is 12.2 Å². The van der Waals surface area contributed by atoms with Crippen molar-refractivity contribution in [3.63, 3.8) is 0 Å². The quantitative estimate of drug-likeness (QED) is 0.822. The Morgan fingerprint density at radius 3 is 2.73 bits per heavy atom. The van der Waals surface area contributed by atoms with Crippen molar-refractivity contribution in [2.45, 2.75) is 38.0 Å². The summed E-state index contributed by atoms with van der Waals surface area (Å²) in [5.41, 5.74) is -0.672. The maximum absolute atomic E-state index is 13.2. The lowest BCUT2D eigenvalue weighted by Gasteiger charge is -2.34. The first-order valence-electron chi connectivity index (χ1n) is 8.02. The molecule has 0 aromatic carbocycles. The molecule has 120 valence electrons. The average Bonchev–Trinajstić information content (AvgIpc) is 3.24. The van der Waals surface area contributed by atoms with Gasteiger partial charge in [0.15, 0.2) is 5.82 Å². The molecule has 0 bridgehead atoms. The molecule has 1 aliphatic heterocycles. The highest BCUT2D eigenvalue weighted by molar-refractivity contribution is 5.88. The summed E-state index contributed by atoms with van der Waals surface area (Å²) in [6, 6.07) is 0. The number of ether oxygens (including phenoxy) is 1. The van der Waals surface area contributed by atoms with Gasteiger partial charge in [-0.25, -0.2) is 0 Å². The number of hydrogen-bond acceptors (Lipinski definition) is 5. The average molecular weight is 305 g/mol. The third-order valence-corrected chi connectivity index (χ3v) is 4.77. The number of carbonyl (C=O) groups excluding carboxylic acids is 1. The van der Waals surface area contributed by atoms with Gasteiger partial charge in [-0.1, -0.05) is 17.4 Å². The maximum Gasteiger partial charge on any atom is 0.237 e. The number of likely N-dealkylation sites (N-methyl/N-ethyl adjacent to an activating group) is 1. The van der Waals surface area contributed by atoms with E-state index in [9.17, 15) is 4.79 Å². The molecule has 22 heavy (non-hydrogen) atoms. The smallest absolute Gasteiger partial charge is 0.237 e. The van der Waals surface area contributed by atoms with Crippen molar-refractivity contribution in [2.75, 3.05) is 26.3 Å². The van der Waals surface area contributed by atoms with E-state index in [0.29, 0.717) is 31.1 Å². The fourth-order valence-corrected chi connectivity index (χ4v) is 3.37. The molecule has 0 radical (unpaired) electrons. The van der Waals surface area contributed by atoms with Gasteiger partial charge < -0.3 is 9.64 Å². The molecule has 1 fully saturated rings. The molecule has 1 amide bonds. The molecular weight excluding hydrogens is 282 g/mol. The number of nitrogens with one attached hydrogen (secondary N) is 1. The summed E-state index contributed by atoms with van der Waals surface area (Å²) in [6.45, 7) is 5.12. The summed E-state index contributed by atoms with van der Waals surface area (Å²) < 4.78 is 5.41. The fourth-order valence-electron chi connectivity index (χ4n) is 3.37. The van der Waals surface area contributed by atoms with Gasteiger partial charge in [0.05, 0.1) is 0 Å². The van der Waals surface area contributed by atoms with Crippen LogP contribution >= 0.6 is 0 Å². The van der Waals surface area contributed by atoms with E-state index in [-0.39, 0.29) is 5.91 Å². The molecule has 1 aromatic rings. The van der Waals surface area contributed by atoms with Crippen LogP contribution in [0.4, 0.5) is 0 Å². The Morgan fingerprint density at radius 1 is 1.41 bits per heavy atom. The van der Waals surface area contributed by atoms with Gasteiger partial charge in [0, 0.05) is 26.3 Å². The molecule has 1 aliphatic carbocycles. The van der Waals surface area contributed by atoms with E-state index in [1.807, 2.05) is 24.0 Å². The minimum absolute atomic E-state index is 0.118. The number of tetrazole rings is 1. The zero-order valence-corrected chi connectivity index (χ0v) is 13.0. The van der Waals surface area contributed by atoms with Crippen LogP contribution in [0.1, 0.15) is 38.4 Å². The third kappa shape index (κ3) is 2.77. The largest absolute Gasteiger partial charge is 0.381 e. The van der Waals surface area contributed by atoms with Gasteiger partial charge in [0.2, 0.25) is 5.91 Å². The minimum atomic E-state index is -0.672. The number of rotatable bonds is 5. The summed E-state index contributed by atoms with van der Waals surface area (Å²) in [5, 5.41) is 14.3. The second-order valence-electron chi connectivity index (χ2n) is 6.10. The summed E-state index contributed by atoms with van der Waals surface area (Å²) in [4.78, 5) is 15.2. The molecule has 7 heteroatoms. The predicted molar refractivity (Wildman–Crippen MR) is 80.0 cm³/mol. The Labute approximate surface area is 130 Å². The van der Waals surface area contributed by atoms with Crippen LogP contribution < -0.4 is 0 Å². The van der Waals surface area contributed by atoms with Crippen molar-refractivity contribution in [1.29, 1.82) is 0 Å². The Hall–Kier alpha value is -1.76. The van der Waals surface area contributed by atoms with E-state index < -0.39 is 5.41 Å². The summed E-state index contributed by atoms with van der Waals surface area (Å²) >= 11 is 0. The number of amides is 1.